The SMILES string of the molecule is COB(OC(C)(C)C)C1CC(C)(C)CCC1=O. The second-order valence-corrected chi connectivity index (χ2v) is 6.78. The molecule has 4 heteroatoms. The van der Waals surface area contributed by atoms with Gasteiger partial charge in [-0.3, -0.25) is 4.79 Å². The van der Waals surface area contributed by atoms with Gasteiger partial charge in [-0.05, 0) is 39.0 Å². The Kier molecular flexibility index (Phi) is 4.42. The maximum absolute atomic E-state index is 12.0. The van der Waals surface area contributed by atoms with Crippen LogP contribution in [0.2, 0.25) is 5.82 Å². The fourth-order valence-electron chi connectivity index (χ4n) is 2.35. The molecule has 0 spiro atoms. The van der Waals surface area contributed by atoms with Crippen LogP contribution in [0.25, 0.3) is 0 Å². The van der Waals surface area contributed by atoms with Crippen LogP contribution in [0.3, 0.4) is 0 Å². The first-order chi connectivity index (χ1) is 7.64. The van der Waals surface area contributed by atoms with Gasteiger partial charge in [0.25, 0.3) is 0 Å². The van der Waals surface area contributed by atoms with Crippen LogP contribution < -0.4 is 0 Å². The number of hydrogen-bond donors (Lipinski definition) is 0. The highest BCUT2D eigenvalue weighted by Gasteiger charge is 2.43. The Morgan fingerprint density at radius 2 is 1.94 bits per heavy atom. The van der Waals surface area contributed by atoms with Gasteiger partial charge >= 0.3 is 7.12 Å². The molecular weight excluding hydrogens is 215 g/mol. The Morgan fingerprint density at radius 1 is 1.35 bits per heavy atom. The molecule has 0 aromatic rings. The van der Waals surface area contributed by atoms with Crippen LogP contribution in [0.5, 0.6) is 0 Å². The molecule has 1 rings (SSSR count). The first-order valence-corrected chi connectivity index (χ1v) is 6.38. The second-order valence-electron chi connectivity index (χ2n) is 6.78. The normalized spacial score (nSPS) is 24.8. The lowest BCUT2D eigenvalue weighted by Gasteiger charge is -2.37. The highest BCUT2D eigenvalue weighted by molar-refractivity contribution is 6.52. The summed E-state index contributed by atoms with van der Waals surface area (Å²) in [7, 11) is 1.20. The molecule has 0 radical (unpaired) electrons. The minimum absolute atomic E-state index is 0.122. The van der Waals surface area contributed by atoms with Gasteiger partial charge < -0.3 is 9.31 Å². The fraction of sp³-hybridized carbons (Fsp3) is 0.923. The molecule has 0 aromatic carbocycles. The Morgan fingerprint density at radius 3 is 2.41 bits per heavy atom. The van der Waals surface area contributed by atoms with E-state index in [1.165, 1.54) is 0 Å². The van der Waals surface area contributed by atoms with E-state index in [0.717, 1.165) is 12.8 Å². The third-order valence-electron chi connectivity index (χ3n) is 3.26. The van der Waals surface area contributed by atoms with Gasteiger partial charge in [0, 0.05) is 19.1 Å². The minimum Gasteiger partial charge on any atom is -0.413 e. The van der Waals surface area contributed by atoms with Gasteiger partial charge in [-0.2, -0.15) is 0 Å². The first-order valence-electron chi connectivity index (χ1n) is 6.38. The number of rotatable bonds is 3. The van der Waals surface area contributed by atoms with Crippen molar-refractivity contribution in [1.29, 1.82) is 0 Å². The van der Waals surface area contributed by atoms with Crippen LogP contribution in [0, 0.1) is 5.41 Å². The Labute approximate surface area is 105 Å². The topological polar surface area (TPSA) is 35.5 Å². The summed E-state index contributed by atoms with van der Waals surface area (Å²) in [6.07, 6.45) is 2.46. The molecule has 0 N–H and O–H groups in total. The van der Waals surface area contributed by atoms with Gasteiger partial charge in [0.1, 0.15) is 5.78 Å². The van der Waals surface area contributed by atoms with Crippen LogP contribution in [0.1, 0.15) is 53.9 Å². The number of Topliss-reactive ketones (excluding diaryl/α,β-unsaturated/α-hetero) is 1. The zero-order valence-electron chi connectivity index (χ0n) is 12.0. The van der Waals surface area contributed by atoms with E-state index in [1.807, 2.05) is 20.8 Å². The summed E-state index contributed by atoms with van der Waals surface area (Å²) in [5.41, 5.74) is -0.0842. The molecule has 1 aliphatic carbocycles. The van der Waals surface area contributed by atoms with Gasteiger partial charge in [-0.25, -0.2) is 0 Å². The van der Waals surface area contributed by atoms with Crippen molar-refractivity contribution in [3.63, 3.8) is 0 Å². The lowest BCUT2D eigenvalue weighted by Crippen LogP contribution is -2.42. The summed E-state index contributed by atoms with van der Waals surface area (Å²) < 4.78 is 11.2. The second kappa shape index (κ2) is 5.11. The number of carbonyl (C=O) groups excluding carboxylic acids is 1. The van der Waals surface area contributed by atoms with E-state index >= 15 is 0 Å². The van der Waals surface area contributed by atoms with Crippen molar-refractivity contribution >= 4 is 12.9 Å². The summed E-state index contributed by atoms with van der Waals surface area (Å²) in [4.78, 5) is 12.0. The lowest BCUT2D eigenvalue weighted by molar-refractivity contribution is -0.122. The smallest absolute Gasteiger partial charge is 0.413 e. The number of ketones is 1. The van der Waals surface area contributed by atoms with Crippen molar-refractivity contribution in [2.45, 2.75) is 65.3 Å². The van der Waals surface area contributed by atoms with Crippen molar-refractivity contribution < 1.29 is 14.1 Å². The monoisotopic (exact) mass is 240 g/mol. The molecule has 0 bridgehead atoms. The number of hydrogen-bond acceptors (Lipinski definition) is 3. The molecule has 1 aliphatic rings. The molecule has 1 saturated carbocycles. The van der Waals surface area contributed by atoms with Gasteiger partial charge in [0.05, 0.1) is 5.82 Å². The average Bonchev–Trinajstić information content (AvgIpc) is 2.17. The quantitative estimate of drug-likeness (QED) is 0.711. The van der Waals surface area contributed by atoms with Crippen molar-refractivity contribution in [1.82, 2.24) is 0 Å². The lowest BCUT2D eigenvalue weighted by atomic mass is 9.57. The summed E-state index contributed by atoms with van der Waals surface area (Å²) in [6, 6.07) is 0. The Bertz CT molecular complexity index is 281. The molecule has 0 aromatic heterocycles. The molecule has 98 valence electrons. The average molecular weight is 240 g/mol. The van der Waals surface area contributed by atoms with E-state index in [-0.39, 0.29) is 22.6 Å². The van der Waals surface area contributed by atoms with E-state index < -0.39 is 7.12 Å². The third kappa shape index (κ3) is 4.43. The van der Waals surface area contributed by atoms with E-state index in [0.29, 0.717) is 6.42 Å². The standard InChI is InChI=1S/C13H25BO3/c1-12(2,3)17-14(16-6)10-9-13(4,5)8-7-11(10)15/h10H,7-9H2,1-6H3. The molecule has 0 heterocycles. The molecule has 1 fully saturated rings. The van der Waals surface area contributed by atoms with Crippen molar-refractivity contribution in [3.05, 3.63) is 0 Å². The number of carbonyl (C=O) groups is 1. The summed E-state index contributed by atoms with van der Waals surface area (Å²) in [5, 5.41) is 0. The Hall–Kier alpha value is -0.345. The van der Waals surface area contributed by atoms with Crippen LogP contribution >= 0.6 is 0 Å². The van der Waals surface area contributed by atoms with E-state index in [9.17, 15) is 4.79 Å². The molecule has 17 heavy (non-hydrogen) atoms. The minimum atomic E-state index is -0.415. The van der Waals surface area contributed by atoms with Crippen molar-refractivity contribution in [2.75, 3.05) is 7.11 Å². The first kappa shape index (κ1) is 14.7. The highest BCUT2D eigenvalue weighted by Crippen LogP contribution is 2.41. The largest absolute Gasteiger partial charge is 0.468 e. The molecule has 3 nitrogen and oxygen atoms in total. The summed E-state index contributed by atoms with van der Waals surface area (Å²) in [6.45, 7) is 10.4. The van der Waals surface area contributed by atoms with Gasteiger partial charge in [-0.1, -0.05) is 13.8 Å². The van der Waals surface area contributed by atoms with Crippen molar-refractivity contribution in [3.8, 4) is 0 Å². The predicted octanol–water partition coefficient (Wildman–Crippen LogP) is 3.09. The van der Waals surface area contributed by atoms with E-state index in [4.69, 9.17) is 9.31 Å². The fourth-order valence-corrected chi connectivity index (χ4v) is 2.35. The van der Waals surface area contributed by atoms with Gasteiger partial charge in [0.15, 0.2) is 0 Å². The van der Waals surface area contributed by atoms with Crippen LogP contribution in [0.15, 0.2) is 0 Å². The molecule has 0 amide bonds. The zero-order chi connectivity index (χ0) is 13.3. The maximum atomic E-state index is 12.0. The molecular formula is C13H25BO3. The predicted molar refractivity (Wildman–Crippen MR) is 70.0 cm³/mol. The van der Waals surface area contributed by atoms with Crippen LogP contribution in [-0.4, -0.2) is 25.6 Å². The highest BCUT2D eigenvalue weighted by atomic mass is 16.6. The Balaban J connectivity index is 2.76. The van der Waals surface area contributed by atoms with Gasteiger partial charge in [-0.15, -0.1) is 0 Å². The molecule has 0 aliphatic heterocycles. The van der Waals surface area contributed by atoms with E-state index in [1.54, 1.807) is 7.11 Å². The zero-order valence-corrected chi connectivity index (χ0v) is 12.0. The van der Waals surface area contributed by atoms with Crippen LogP contribution in [0.4, 0.5) is 0 Å². The molecule has 1 unspecified atom stereocenters. The van der Waals surface area contributed by atoms with Crippen LogP contribution in [-0.2, 0) is 14.1 Å². The molecule has 0 saturated heterocycles. The van der Waals surface area contributed by atoms with E-state index in [2.05, 4.69) is 13.8 Å². The molecule has 1 atom stereocenters. The third-order valence-corrected chi connectivity index (χ3v) is 3.26. The maximum Gasteiger partial charge on any atom is 0.468 e. The van der Waals surface area contributed by atoms with Gasteiger partial charge in [0.2, 0.25) is 0 Å². The summed E-state index contributed by atoms with van der Waals surface area (Å²) >= 11 is 0. The summed E-state index contributed by atoms with van der Waals surface area (Å²) in [5.74, 6) is 0.156. The van der Waals surface area contributed by atoms with Crippen molar-refractivity contribution in [2.24, 2.45) is 5.41 Å².